The third-order valence-corrected chi connectivity index (χ3v) is 4.33. The smallest absolute Gasteiger partial charge is 0.406 e. The van der Waals surface area contributed by atoms with Crippen molar-refractivity contribution < 1.29 is 22.7 Å². The normalized spacial score (nSPS) is 11.2. The first-order valence-corrected chi connectivity index (χ1v) is 8.66. The van der Waals surface area contributed by atoms with Gasteiger partial charge in [-0.1, -0.05) is 6.07 Å². The summed E-state index contributed by atoms with van der Waals surface area (Å²) in [5, 5.41) is 8.44. The molecule has 3 N–H and O–H groups in total. The third kappa shape index (κ3) is 4.88. The van der Waals surface area contributed by atoms with Crippen LogP contribution in [0, 0.1) is 0 Å². The second-order valence-corrected chi connectivity index (χ2v) is 6.49. The van der Waals surface area contributed by atoms with Gasteiger partial charge in [0.05, 0.1) is 4.88 Å². The molecular formula is C17H13F3N4O3S. The highest BCUT2D eigenvalue weighted by atomic mass is 32.1. The Hall–Kier alpha value is -3.34. The molecule has 0 saturated heterocycles. The van der Waals surface area contributed by atoms with Crippen molar-refractivity contribution in [3.63, 3.8) is 0 Å². The molecule has 0 fully saturated rings. The SMILES string of the molecule is Nc1cc(-c2cccs2)nn(CC(=O)Nc2ccc(OC(F)(F)F)cc2)c1=O. The van der Waals surface area contributed by atoms with Crippen molar-refractivity contribution >= 4 is 28.6 Å². The molecule has 0 unspecified atom stereocenters. The third-order valence-electron chi connectivity index (χ3n) is 3.44. The average Bonchev–Trinajstić information content (AvgIpc) is 3.14. The fraction of sp³-hybridized carbons (Fsp3) is 0.118. The number of hydrogen-bond donors (Lipinski definition) is 2. The van der Waals surface area contributed by atoms with Crippen LogP contribution in [0.3, 0.4) is 0 Å². The molecule has 0 saturated carbocycles. The maximum Gasteiger partial charge on any atom is 0.573 e. The number of alkyl halides is 3. The summed E-state index contributed by atoms with van der Waals surface area (Å²) in [5.74, 6) is -1.01. The molecule has 0 atom stereocenters. The number of ether oxygens (including phenoxy) is 1. The van der Waals surface area contributed by atoms with Crippen molar-refractivity contribution in [2.75, 3.05) is 11.1 Å². The van der Waals surface area contributed by atoms with E-state index in [1.54, 1.807) is 6.07 Å². The van der Waals surface area contributed by atoms with Crippen molar-refractivity contribution in [2.45, 2.75) is 12.9 Å². The predicted octanol–water partition coefficient (Wildman–Crippen LogP) is 3.09. The standard InChI is InChI=1S/C17H13F3N4O3S/c18-17(19,20)27-11-5-3-10(4-6-11)22-15(25)9-24-16(26)12(21)8-13(23-24)14-2-1-7-28-14/h1-8H,9,21H2,(H,22,25). The van der Waals surface area contributed by atoms with Crippen molar-refractivity contribution in [1.29, 1.82) is 0 Å². The summed E-state index contributed by atoms with van der Waals surface area (Å²) >= 11 is 1.40. The Labute approximate surface area is 160 Å². The number of anilines is 2. The van der Waals surface area contributed by atoms with Gasteiger partial charge in [-0.3, -0.25) is 9.59 Å². The summed E-state index contributed by atoms with van der Waals surface area (Å²) in [6.07, 6.45) is -4.80. The molecule has 146 valence electrons. The summed E-state index contributed by atoms with van der Waals surface area (Å²) in [7, 11) is 0. The van der Waals surface area contributed by atoms with E-state index >= 15 is 0 Å². The van der Waals surface area contributed by atoms with Gasteiger partial charge < -0.3 is 15.8 Å². The van der Waals surface area contributed by atoms with E-state index in [1.165, 1.54) is 29.5 Å². The summed E-state index contributed by atoms with van der Waals surface area (Å²) < 4.78 is 41.2. The molecule has 3 aromatic rings. The molecule has 0 aliphatic rings. The zero-order valence-electron chi connectivity index (χ0n) is 14.1. The van der Waals surface area contributed by atoms with Gasteiger partial charge in [-0.25, -0.2) is 4.68 Å². The highest BCUT2D eigenvalue weighted by Gasteiger charge is 2.30. The molecular weight excluding hydrogens is 397 g/mol. The van der Waals surface area contributed by atoms with Crippen molar-refractivity contribution in [1.82, 2.24) is 9.78 Å². The topological polar surface area (TPSA) is 99.2 Å². The lowest BCUT2D eigenvalue weighted by atomic mass is 10.3. The molecule has 1 aromatic carbocycles. The van der Waals surface area contributed by atoms with Gasteiger partial charge in [-0.15, -0.1) is 24.5 Å². The number of rotatable bonds is 5. The number of nitrogens with zero attached hydrogens (tertiary/aromatic N) is 2. The van der Waals surface area contributed by atoms with E-state index in [0.29, 0.717) is 5.69 Å². The molecule has 11 heteroatoms. The predicted molar refractivity (Wildman–Crippen MR) is 98.0 cm³/mol. The number of benzene rings is 1. The molecule has 2 aromatic heterocycles. The van der Waals surface area contributed by atoms with Crippen LogP contribution in [0.4, 0.5) is 24.5 Å². The van der Waals surface area contributed by atoms with Gasteiger partial charge in [-0.05, 0) is 41.8 Å². The molecule has 0 bridgehead atoms. The minimum absolute atomic E-state index is 0.0557. The Bertz CT molecular complexity index is 1030. The number of aromatic nitrogens is 2. The Morgan fingerprint density at radius 1 is 1.25 bits per heavy atom. The number of thiophene rings is 1. The molecule has 0 spiro atoms. The number of carbonyl (C=O) groups excluding carboxylic acids is 1. The van der Waals surface area contributed by atoms with Gasteiger partial charge in [-0.2, -0.15) is 5.10 Å². The lowest BCUT2D eigenvalue weighted by molar-refractivity contribution is -0.274. The largest absolute Gasteiger partial charge is 0.573 e. The maximum atomic E-state index is 12.2. The van der Waals surface area contributed by atoms with E-state index in [2.05, 4.69) is 15.2 Å². The summed E-state index contributed by atoms with van der Waals surface area (Å²) in [6, 6.07) is 9.64. The minimum Gasteiger partial charge on any atom is -0.406 e. The van der Waals surface area contributed by atoms with Gasteiger partial charge in [0, 0.05) is 5.69 Å². The number of carbonyl (C=O) groups is 1. The Balaban J connectivity index is 1.72. The quantitative estimate of drug-likeness (QED) is 0.674. The molecule has 2 heterocycles. The highest BCUT2D eigenvalue weighted by molar-refractivity contribution is 7.13. The molecule has 1 amide bonds. The lowest BCUT2D eigenvalue weighted by Gasteiger charge is -2.11. The minimum atomic E-state index is -4.80. The molecule has 0 aliphatic heterocycles. The molecule has 3 rings (SSSR count). The summed E-state index contributed by atoms with van der Waals surface area (Å²) in [6.45, 7) is -0.414. The van der Waals surface area contributed by atoms with E-state index in [-0.39, 0.29) is 11.4 Å². The number of nitrogens with one attached hydrogen (secondary N) is 1. The van der Waals surface area contributed by atoms with E-state index < -0.39 is 30.1 Å². The van der Waals surface area contributed by atoms with E-state index in [1.807, 2.05) is 11.4 Å². The van der Waals surface area contributed by atoms with Gasteiger partial charge >= 0.3 is 6.36 Å². The van der Waals surface area contributed by atoms with E-state index in [4.69, 9.17) is 5.73 Å². The number of halogens is 3. The molecule has 0 radical (unpaired) electrons. The monoisotopic (exact) mass is 410 g/mol. The van der Waals surface area contributed by atoms with Crippen LogP contribution in [0.25, 0.3) is 10.6 Å². The Morgan fingerprint density at radius 2 is 1.96 bits per heavy atom. The van der Waals surface area contributed by atoms with Crippen molar-refractivity contribution in [2.24, 2.45) is 0 Å². The zero-order chi connectivity index (χ0) is 20.3. The van der Waals surface area contributed by atoms with Gasteiger partial charge in [0.1, 0.15) is 23.7 Å². The zero-order valence-corrected chi connectivity index (χ0v) is 14.9. The molecule has 28 heavy (non-hydrogen) atoms. The fourth-order valence-electron chi connectivity index (χ4n) is 2.29. The van der Waals surface area contributed by atoms with Gasteiger partial charge in [0.25, 0.3) is 5.56 Å². The second kappa shape index (κ2) is 7.72. The first-order valence-electron chi connectivity index (χ1n) is 7.78. The van der Waals surface area contributed by atoms with Crippen LogP contribution in [0.1, 0.15) is 0 Å². The molecule has 0 aliphatic carbocycles. The number of amides is 1. The van der Waals surface area contributed by atoms with Crippen LogP contribution in [0.15, 0.2) is 52.6 Å². The number of nitrogen functional groups attached to an aromatic ring is 1. The van der Waals surface area contributed by atoms with Crippen LogP contribution in [-0.4, -0.2) is 22.1 Å². The van der Waals surface area contributed by atoms with Crippen LogP contribution in [-0.2, 0) is 11.3 Å². The van der Waals surface area contributed by atoms with Crippen molar-refractivity contribution in [3.8, 4) is 16.3 Å². The van der Waals surface area contributed by atoms with Crippen LogP contribution in [0.2, 0.25) is 0 Å². The first kappa shape index (κ1) is 19.4. The molecule has 7 nitrogen and oxygen atoms in total. The van der Waals surface area contributed by atoms with Gasteiger partial charge in [0.2, 0.25) is 5.91 Å². The Kier molecular flexibility index (Phi) is 5.36. The summed E-state index contributed by atoms with van der Waals surface area (Å²) in [5.41, 5.74) is 5.72. The van der Waals surface area contributed by atoms with Crippen LogP contribution in [0.5, 0.6) is 5.75 Å². The average molecular weight is 410 g/mol. The fourth-order valence-corrected chi connectivity index (χ4v) is 2.97. The second-order valence-electron chi connectivity index (χ2n) is 5.55. The van der Waals surface area contributed by atoms with Crippen molar-refractivity contribution in [3.05, 3.63) is 58.2 Å². The van der Waals surface area contributed by atoms with E-state index in [0.717, 1.165) is 21.7 Å². The van der Waals surface area contributed by atoms with Crippen LogP contribution >= 0.6 is 11.3 Å². The maximum absolute atomic E-state index is 12.2. The Morgan fingerprint density at radius 3 is 2.57 bits per heavy atom. The van der Waals surface area contributed by atoms with E-state index in [9.17, 15) is 22.8 Å². The number of hydrogen-bond acceptors (Lipinski definition) is 6. The first-order chi connectivity index (χ1) is 13.2. The van der Waals surface area contributed by atoms with Crippen LogP contribution < -0.4 is 21.3 Å². The number of nitrogens with two attached hydrogens (primary N) is 1. The lowest BCUT2D eigenvalue weighted by Crippen LogP contribution is -2.31. The highest BCUT2D eigenvalue weighted by Crippen LogP contribution is 2.24. The summed E-state index contributed by atoms with van der Waals surface area (Å²) in [4.78, 5) is 25.1. The van der Waals surface area contributed by atoms with Gasteiger partial charge in [0.15, 0.2) is 0 Å².